The van der Waals surface area contributed by atoms with Crippen molar-refractivity contribution < 1.29 is 4.79 Å². The molecule has 3 heterocycles. The quantitative estimate of drug-likeness (QED) is 0.589. The Morgan fingerprint density at radius 2 is 1.94 bits per heavy atom. The molecule has 7 heteroatoms. The van der Waals surface area contributed by atoms with E-state index in [1.54, 1.807) is 17.7 Å². The molecule has 0 bridgehead atoms. The highest BCUT2D eigenvalue weighted by molar-refractivity contribution is 7.18. The number of nitrogens with one attached hydrogen (secondary N) is 2. The molecule has 162 valence electrons. The molecule has 3 aromatic rings. The van der Waals surface area contributed by atoms with Crippen molar-refractivity contribution >= 4 is 39.0 Å². The standard InChI is InChI=1S/C24H29N5OS/c1-15-16(2)31-24-21(15)22(25-14-26-24)29-12-10-18(11-13-29)23(30)28-27-20-9-5-7-17-6-3-4-8-19(17)20/h5,7,9,14,18,27H,3-4,6,8,10-13H2,1-2H3,(H,28,30). The molecule has 1 aliphatic heterocycles. The number of piperidine rings is 1. The van der Waals surface area contributed by atoms with Crippen molar-refractivity contribution in [2.24, 2.45) is 5.92 Å². The van der Waals surface area contributed by atoms with E-state index in [1.807, 2.05) is 0 Å². The summed E-state index contributed by atoms with van der Waals surface area (Å²) in [7, 11) is 0. The molecule has 0 saturated carbocycles. The number of fused-ring (bicyclic) bond motifs is 2. The van der Waals surface area contributed by atoms with E-state index >= 15 is 0 Å². The molecule has 6 nitrogen and oxygen atoms in total. The van der Waals surface area contributed by atoms with Crippen molar-refractivity contribution in [2.75, 3.05) is 23.4 Å². The van der Waals surface area contributed by atoms with Crippen molar-refractivity contribution in [1.82, 2.24) is 15.4 Å². The third kappa shape index (κ3) is 3.87. The lowest BCUT2D eigenvalue weighted by molar-refractivity contribution is -0.125. The van der Waals surface area contributed by atoms with Crippen LogP contribution in [0, 0.1) is 19.8 Å². The van der Waals surface area contributed by atoms with Gasteiger partial charge in [0.1, 0.15) is 17.0 Å². The molecule has 1 aliphatic carbocycles. The van der Waals surface area contributed by atoms with Crippen molar-refractivity contribution in [1.29, 1.82) is 0 Å². The van der Waals surface area contributed by atoms with Crippen LogP contribution < -0.4 is 15.8 Å². The highest BCUT2D eigenvalue weighted by Gasteiger charge is 2.27. The fourth-order valence-electron chi connectivity index (χ4n) is 4.89. The Morgan fingerprint density at radius 3 is 2.77 bits per heavy atom. The average molecular weight is 436 g/mol. The molecule has 5 rings (SSSR count). The highest BCUT2D eigenvalue weighted by Crippen LogP contribution is 2.35. The second-order valence-corrected chi connectivity index (χ2v) is 9.89. The average Bonchev–Trinajstić information content (AvgIpc) is 3.11. The number of carbonyl (C=O) groups excluding carboxylic acids is 1. The summed E-state index contributed by atoms with van der Waals surface area (Å²) in [6.45, 7) is 5.95. The molecule has 31 heavy (non-hydrogen) atoms. The van der Waals surface area contributed by atoms with Gasteiger partial charge in [0.05, 0.1) is 11.1 Å². The zero-order valence-electron chi connectivity index (χ0n) is 18.2. The number of nitrogens with zero attached hydrogens (tertiary/aromatic N) is 3. The van der Waals surface area contributed by atoms with Gasteiger partial charge < -0.3 is 4.90 Å². The van der Waals surface area contributed by atoms with Crippen LogP contribution in [0.3, 0.4) is 0 Å². The van der Waals surface area contributed by atoms with Crippen LogP contribution in [0.5, 0.6) is 0 Å². The van der Waals surface area contributed by atoms with Crippen LogP contribution in [0.4, 0.5) is 11.5 Å². The van der Waals surface area contributed by atoms with E-state index in [1.165, 1.54) is 39.8 Å². The molecule has 0 unspecified atom stereocenters. The number of carbonyl (C=O) groups is 1. The number of benzene rings is 1. The summed E-state index contributed by atoms with van der Waals surface area (Å²) in [5.41, 5.74) is 11.3. The first-order valence-electron chi connectivity index (χ1n) is 11.2. The van der Waals surface area contributed by atoms with Crippen LogP contribution in [0.15, 0.2) is 24.5 Å². The van der Waals surface area contributed by atoms with Crippen molar-refractivity contribution in [3.8, 4) is 0 Å². The van der Waals surface area contributed by atoms with Gasteiger partial charge in [-0.3, -0.25) is 15.6 Å². The van der Waals surface area contributed by atoms with Crippen LogP contribution >= 0.6 is 11.3 Å². The SMILES string of the molecule is Cc1sc2ncnc(N3CCC(C(=O)NNc4cccc5c4CCCC5)CC3)c2c1C. The van der Waals surface area contributed by atoms with Gasteiger partial charge in [0.25, 0.3) is 0 Å². The number of hydrogen-bond acceptors (Lipinski definition) is 6. The lowest BCUT2D eigenvalue weighted by Crippen LogP contribution is -2.42. The van der Waals surface area contributed by atoms with Gasteiger partial charge in [0.2, 0.25) is 5.91 Å². The van der Waals surface area contributed by atoms with E-state index in [-0.39, 0.29) is 11.8 Å². The first kappa shape index (κ1) is 20.2. The zero-order chi connectivity index (χ0) is 21.4. The minimum absolute atomic E-state index is 0.0194. The van der Waals surface area contributed by atoms with Gasteiger partial charge in [-0.25, -0.2) is 9.97 Å². The molecule has 1 fully saturated rings. The summed E-state index contributed by atoms with van der Waals surface area (Å²) in [4.78, 5) is 26.5. The molecule has 0 atom stereocenters. The summed E-state index contributed by atoms with van der Waals surface area (Å²) in [5.74, 6) is 1.12. The monoisotopic (exact) mass is 435 g/mol. The number of hydrazine groups is 1. The van der Waals surface area contributed by atoms with Crippen molar-refractivity contribution in [2.45, 2.75) is 52.4 Å². The molecule has 2 N–H and O–H groups in total. The van der Waals surface area contributed by atoms with Crippen LogP contribution in [-0.4, -0.2) is 29.0 Å². The summed E-state index contributed by atoms with van der Waals surface area (Å²) < 4.78 is 0. The number of hydrogen-bond donors (Lipinski definition) is 2. The third-order valence-electron chi connectivity index (χ3n) is 6.83. The van der Waals surface area contributed by atoms with Gasteiger partial charge in [-0.2, -0.15) is 0 Å². The zero-order valence-corrected chi connectivity index (χ0v) is 19.0. The second kappa shape index (κ2) is 8.46. The van der Waals surface area contributed by atoms with Crippen molar-refractivity contribution in [3.63, 3.8) is 0 Å². The molecular formula is C24H29N5OS. The number of aromatic nitrogens is 2. The molecular weight excluding hydrogens is 406 g/mol. The van der Waals surface area contributed by atoms with Gasteiger partial charge in [0.15, 0.2) is 0 Å². The minimum Gasteiger partial charge on any atom is -0.356 e. The molecule has 0 spiro atoms. The van der Waals surface area contributed by atoms with Gasteiger partial charge >= 0.3 is 0 Å². The van der Waals surface area contributed by atoms with Gasteiger partial charge in [-0.05, 0) is 75.1 Å². The van der Waals surface area contributed by atoms with E-state index in [9.17, 15) is 4.79 Å². The van der Waals surface area contributed by atoms with E-state index in [0.717, 1.165) is 55.1 Å². The molecule has 2 aromatic heterocycles. The fourth-order valence-corrected chi connectivity index (χ4v) is 5.88. The van der Waals surface area contributed by atoms with E-state index in [4.69, 9.17) is 0 Å². The predicted molar refractivity (Wildman–Crippen MR) is 127 cm³/mol. The lowest BCUT2D eigenvalue weighted by Gasteiger charge is -2.32. The largest absolute Gasteiger partial charge is 0.356 e. The lowest BCUT2D eigenvalue weighted by atomic mass is 9.90. The number of anilines is 2. The first-order chi connectivity index (χ1) is 15.1. The smallest absolute Gasteiger partial charge is 0.241 e. The van der Waals surface area contributed by atoms with Crippen molar-refractivity contribution in [3.05, 3.63) is 46.1 Å². The second-order valence-electron chi connectivity index (χ2n) is 8.69. The maximum atomic E-state index is 12.8. The van der Waals surface area contributed by atoms with E-state index < -0.39 is 0 Å². The Morgan fingerprint density at radius 1 is 1.13 bits per heavy atom. The maximum Gasteiger partial charge on any atom is 0.241 e. The Kier molecular flexibility index (Phi) is 5.52. The van der Waals surface area contributed by atoms with Crippen LogP contribution in [0.2, 0.25) is 0 Å². The van der Waals surface area contributed by atoms with Gasteiger partial charge in [0, 0.05) is 23.9 Å². The normalized spacial score (nSPS) is 16.9. The topological polar surface area (TPSA) is 70.2 Å². The molecule has 2 aliphatic rings. The first-order valence-corrected chi connectivity index (χ1v) is 12.1. The Hall–Kier alpha value is -2.67. The fraction of sp³-hybridized carbons (Fsp3) is 0.458. The van der Waals surface area contributed by atoms with Crippen LogP contribution in [0.1, 0.15) is 47.3 Å². The van der Waals surface area contributed by atoms with E-state index in [0.29, 0.717) is 0 Å². The maximum absolute atomic E-state index is 12.8. The molecule has 1 aromatic carbocycles. The minimum atomic E-state index is 0.0194. The van der Waals surface area contributed by atoms with Gasteiger partial charge in [-0.1, -0.05) is 12.1 Å². The van der Waals surface area contributed by atoms with E-state index in [2.05, 4.69) is 57.8 Å². The van der Waals surface area contributed by atoms with Crippen LogP contribution in [0.25, 0.3) is 10.2 Å². The number of thiophene rings is 1. The summed E-state index contributed by atoms with van der Waals surface area (Å²) in [6, 6.07) is 6.35. The van der Waals surface area contributed by atoms with Crippen LogP contribution in [-0.2, 0) is 17.6 Å². The predicted octanol–water partition coefficient (Wildman–Crippen LogP) is 4.55. The summed E-state index contributed by atoms with van der Waals surface area (Å²) in [5, 5.41) is 1.17. The Balaban J connectivity index is 1.22. The summed E-state index contributed by atoms with van der Waals surface area (Å²) >= 11 is 1.73. The molecule has 1 amide bonds. The third-order valence-corrected chi connectivity index (χ3v) is 7.94. The Labute approximate surface area is 187 Å². The van der Waals surface area contributed by atoms with Gasteiger partial charge in [-0.15, -0.1) is 11.3 Å². The highest BCUT2D eigenvalue weighted by atomic mass is 32.1. The molecule has 1 saturated heterocycles. The summed E-state index contributed by atoms with van der Waals surface area (Å²) in [6.07, 6.45) is 8.01. The number of amides is 1. The number of rotatable bonds is 4. The Bertz CT molecular complexity index is 1120. The molecule has 0 radical (unpaired) electrons. The number of aryl methyl sites for hydroxylation is 3.